The second-order valence-electron chi connectivity index (χ2n) is 10.3. The molecule has 1 aromatic heterocycles. The van der Waals surface area contributed by atoms with Crippen molar-refractivity contribution >= 4 is 24.7 Å². The molecule has 0 spiro atoms. The lowest BCUT2D eigenvalue weighted by Crippen LogP contribution is -2.66. The molecule has 0 amide bonds. The third-order valence-corrected chi connectivity index (χ3v) is 11.8. The molecule has 0 N–H and O–H groups in total. The standard InChI is InChI=1S/C31H36N2O3Si/c1-7-33-21-29(23(2)32-33)25-18-24(19-26(20-25)30(34)35-6)22-36-37(31(3,4)5,27-14-10-8-11-15-27)28-16-12-9-13-17-28/h8-21H,7,22H2,1-6H3. The smallest absolute Gasteiger partial charge is 0.337 e. The fourth-order valence-electron chi connectivity index (χ4n) is 5.08. The normalized spacial score (nSPS) is 11.9. The maximum absolute atomic E-state index is 12.6. The molecule has 0 atom stereocenters. The zero-order valence-corrected chi connectivity index (χ0v) is 23.6. The van der Waals surface area contributed by atoms with Crippen LogP contribution in [0.3, 0.4) is 0 Å². The lowest BCUT2D eigenvalue weighted by Gasteiger charge is -2.43. The van der Waals surface area contributed by atoms with Gasteiger partial charge < -0.3 is 9.16 Å². The lowest BCUT2D eigenvalue weighted by atomic mass is 10.0. The van der Waals surface area contributed by atoms with E-state index in [1.165, 1.54) is 17.5 Å². The van der Waals surface area contributed by atoms with Gasteiger partial charge in [-0.1, -0.05) is 81.4 Å². The summed E-state index contributed by atoms with van der Waals surface area (Å²) < 4.78 is 14.1. The Morgan fingerprint density at radius 1 is 0.946 bits per heavy atom. The van der Waals surface area contributed by atoms with Gasteiger partial charge in [0.15, 0.2) is 0 Å². The van der Waals surface area contributed by atoms with Gasteiger partial charge in [-0.3, -0.25) is 4.68 Å². The molecule has 5 nitrogen and oxygen atoms in total. The van der Waals surface area contributed by atoms with Crippen LogP contribution in [-0.2, 0) is 22.3 Å². The molecule has 0 aliphatic rings. The minimum absolute atomic E-state index is 0.142. The number of carbonyl (C=O) groups is 1. The summed E-state index contributed by atoms with van der Waals surface area (Å²) >= 11 is 0. The van der Waals surface area contributed by atoms with Crippen molar-refractivity contribution in [2.45, 2.75) is 52.8 Å². The summed E-state index contributed by atoms with van der Waals surface area (Å²) in [6.45, 7) is 12.0. The molecule has 0 bridgehead atoms. The molecule has 0 radical (unpaired) electrons. The number of rotatable bonds is 8. The molecular weight excluding hydrogens is 476 g/mol. The zero-order valence-electron chi connectivity index (χ0n) is 22.6. The van der Waals surface area contributed by atoms with Gasteiger partial charge in [-0.15, -0.1) is 0 Å². The fraction of sp³-hybridized carbons (Fsp3) is 0.290. The fourth-order valence-corrected chi connectivity index (χ4v) is 9.62. The van der Waals surface area contributed by atoms with Crippen molar-refractivity contribution in [2.75, 3.05) is 7.11 Å². The van der Waals surface area contributed by atoms with Crippen molar-refractivity contribution in [1.29, 1.82) is 0 Å². The number of aromatic nitrogens is 2. The first-order chi connectivity index (χ1) is 17.7. The first kappa shape index (κ1) is 26.6. The monoisotopic (exact) mass is 512 g/mol. The van der Waals surface area contributed by atoms with Gasteiger partial charge in [0.1, 0.15) is 0 Å². The minimum atomic E-state index is -2.73. The van der Waals surface area contributed by atoms with Gasteiger partial charge in [-0.05, 0) is 58.6 Å². The third kappa shape index (κ3) is 5.31. The van der Waals surface area contributed by atoms with Crippen molar-refractivity contribution in [3.05, 3.63) is 102 Å². The first-order valence-corrected chi connectivity index (χ1v) is 14.6. The Hall–Kier alpha value is -3.48. The first-order valence-electron chi connectivity index (χ1n) is 12.7. The van der Waals surface area contributed by atoms with Crippen LogP contribution in [0.25, 0.3) is 11.1 Å². The number of hydrogen-bond acceptors (Lipinski definition) is 4. The lowest BCUT2D eigenvalue weighted by molar-refractivity contribution is 0.0600. The summed E-state index contributed by atoms with van der Waals surface area (Å²) in [5.74, 6) is -0.367. The summed E-state index contributed by atoms with van der Waals surface area (Å²) in [5.41, 5.74) is 4.28. The van der Waals surface area contributed by atoms with Gasteiger partial charge in [0.25, 0.3) is 8.32 Å². The molecule has 0 aliphatic heterocycles. The van der Waals surface area contributed by atoms with Crippen LogP contribution in [-0.4, -0.2) is 31.2 Å². The summed E-state index contributed by atoms with van der Waals surface area (Å²) in [7, 11) is -1.32. The van der Waals surface area contributed by atoms with Gasteiger partial charge in [-0.2, -0.15) is 5.10 Å². The average Bonchev–Trinajstić information content (AvgIpc) is 3.29. The maximum atomic E-state index is 12.6. The van der Waals surface area contributed by atoms with E-state index in [1.807, 2.05) is 42.1 Å². The number of methoxy groups -OCH3 is 1. The molecule has 0 aliphatic carbocycles. The van der Waals surface area contributed by atoms with Crippen LogP contribution in [0.4, 0.5) is 0 Å². The van der Waals surface area contributed by atoms with Crippen LogP contribution in [0.15, 0.2) is 85.1 Å². The Kier molecular flexibility index (Phi) is 7.81. The highest BCUT2D eigenvalue weighted by molar-refractivity contribution is 6.99. The molecule has 0 fully saturated rings. The number of carbonyl (C=O) groups excluding carboxylic acids is 1. The van der Waals surface area contributed by atoms with E-state index in [4.69, 9.17) is 9.16 Å². The highest BCUT2D eigenvalue weighted by Gasteiger charge is 2.50. The van der Waals surface area contributed by atoms with Gasteiger partial charge in [0.05, 0.1) is 25.0 Å². The van der Waals surface area contributed by atoms with Gasteiger partial charge >= 0.3 is 5.97 Å². The number of esters is 1. The number of benzene rings is 3. The Morgan fingerprint density at radius 3 is 2.03 bits per heavy atom. The van der Waals surface area contributed by atoms with Crippen LogP contribution in [0, 0.1) is 6.92 Å². The van der Waals surface area contributed by atoms with E-state index >= 15 is 0 Å². The summed E-state index contributed by atoms with van der Waals surface area (Å²) in [6, 6.07) is 27.0. The number of aryl methyl sites for hydroxylation is 2. The van der Waals surface area contributed by atoms with Crippen molar-refractivity contribution in [2.24, 2.45) is 0 Å². The zero-order chi connectivity index (χ0) is 26.6. The van der Waals surface area contributed by atoms with Crippen molar-refractivity contribution in [3.8, 4) is 11.1 Å². The predicted molar refractivity (Wildman–Crippen MR) is 152 cm³/mol. The average molecular weight is 513 g/mol. The molecule has 4 aromatic rings. The molecule has 0 unspecified atom stereocenters. The highest BCUT2D eigenvalue weighted by Crippen LogP contribution is 2.37. The number of hydrogen-bond donors (Lipinski definition) is 0. The molecule has 37 heavy (non-hydrogen) atoms. The quantitative estimate of drug-likeness (QED) is 0.223. The summed E-state index contributed by atoms with van der Waals surface area (Å²) in [5, 5.41) is 6.90. The van der Waals surface area contributed by atoms with Crippen LogP contribution in [0.5, 0.6) is 0 Å². The molecule has 1 heterocycles. The Morgan fingerprint density at radius 2 is 1.54 bits per heavy atom. The van der Waals surface area contributed by atoms with Crippen molar-refractivity contribution in [3.63, 3.8) is 0 Å². The molecule has 6 heteroatoms. The van der Waals surface area contributed by atoms with Gasteiger partial charge in [-0.25, -0.2) is 4.79 Å². The summed E-state index contributed by atoms with van der Waals surface area (Å²) in [6.07, 6.45) is 2.03. The molecule has 3 aromatic carbocycles. The number of nitrogens with zero attached hydrogens (tertiary/aromatic N) is 2. The van der Waals surface area contributed by atoms with E-state index in [-0.39, 0.29) is 11.0 Å². The van der Waals surface area contributed by atoms with E-state index in [1.54, 1.807) is 0 Å². The van der Waals surface area contributed by atoms with Gasteiger partial charge in [0.2, 0.25) is 0 Å². The van der Waals surface area contributed by atoms with Crippen LogP contribution in [0.2, 0.25) is 5.04 Å². The molecule has 0 saturated carbocycles. The van der Waals surface area contributed by atoms with E-state index in [0.717, 1.165) is 28.9 Å². The molecule has 0 saturated heterocycles. The van der Waals surface area contributed by atoms with Crippen LogP contribution >= 0.6 is 0 Å². The highest BCUT2D eigenvalue weighted by atomic mass is 28.4. The van der Waals surface area contributed by atoms with Crippen molar-refractivity contribution in [1.82, 2.24) is 9.78 Å². The molecular formula is C31H36N2O3Si. The van der Waals surface area contributed by atoms with E-state index in [9.17, 15) is 4.79 Å². The largest absolute Gasteiger partial charge is 0.465 e. The second kappa shape index (κ2) is 10.9. The van der Waals surface area contributed by atoms with Crippen LogP contribution < -0.4 is 10.4 Å². The van der Waals surface area contributed by atoms with Crippen LogP contribution in [0.1, 0.15) is 49.3 Å². The molecule has 192 valence electrons. The number of ether oxygens (including phenoxy) is 1. The Balaban J connectivity index is 1.83. The SMILES string of the molecule is CCn1cc(-c2cc(CO[Si](c3ccccc3)(c3ccccc3)C(C)(C)C)cc(C(=O)OC)c2)c(C)n1. The Bertz CT molecular complexity index is 1320. The Labute approximate surface area is 221 Å². The molecule has 4 rings (SSSR count). The summed E-state index contributed by atoms with van der Waals surface area (Å²) in [4.78, 5) is 12.6. The van der Waals surface area contributed by atoms with E-state index < -0.39 is 8.32 Å². The van der Waals surface area contributed by atoms with E-state index in [0.29, 0.717) is 12.2 Å². The third-order valence-electron chi connectivity index (χ3n) is 6.87. The topological polar surface area (TPSA) is 53.4 Å². The minimum Gasteiger partial charge on any atom is -0.465 e. The van der Waals surface area contributed by atoms with Crippen molar-refractivity contribution < 1.29 is 14.0 Å². The second-order valence-corrected chi connectivity index (χ2v) is 14.7. The predicted octanol–water partition coefficient (Wildman–Crippen LogP) is 5.74. The maximum Gasteiger partial charge on any atom is 0.337 e. The van der Waals surface area contributed by atoms with Gasteiger partial charge in [0, 0.05) is 18.3 Å². The van der Waals surface area contributed by atoms with E-state index in [2.05, 4.69) is 87.4 Å².